The Balaban J connectivity index is 1.70. The maximum Gasteiger partial charge on any atom is 0.257 e. The second-order valence-corrected chi connectivity index (χ2v) is 6.37. The van der Waals surface area contributed by atoms with Gasteiger partial charge in [0.05, 0.1) is 18.3 Å². The minimum Gasteiger partial charge on any atom is -0.490 e. The van der Waals surface area contributed by atoms with Crippen LogP contribution >= 0.6 is 0 Å². The van der Waals surface area contributed by atoms with Crippen molar-refractivity contribution in [3.05, 3.63) is 47.5 Å². The van der Waals surface area contributed by atoms with Crippen molar-refractivity contribution < 1.29 is 18.7 Å². The van der Waals surface area contributed by atoms with Gasteiger partial charge in [0.15, 0.2) is 0 Å². The second-order valence-electron chi connectivity index (χ2n) is 6.37. The predicted octanol–water partition coefficient (Wildman–Crippen LogP) is 2.56. The monoisotopic (exact) mass is 347 g/mol. The molecule has 25 heavy (non-hydrogen) atoms. The molecular formula is C18H22FN3O3. The number of carbonyl (C=O) groups is 1. The first kappa shape index (κ1) is 17.4. The van der Waals surface area contributed by atoms with Gasteiger partial charge in [-0.1, -0.05) is 6.07 Å². The molecule has 2 aromatic rings. The summed E-state index contributed by atoms with van der Waals surface area (Å²) in [5.74, 6) is 0.0310. The summed E-state index contributed by atoms with van der Waals surface area (Å²) in [6.45, 7) is 3.15. The Hall–Kier alpha value is -2.41. The Morgan fingerprint density at radius 1 is 1.48 bits per heavy atom. The highest BCUT2D eigenvalue weighted by Crippen LogP contribution is 2.27. The van der Waals surface area contributed by atoms with Gasteiger partial charge in [0.2, 0.25) is 0 Å². The van der Waals surface area contributed by atoms with E-state index in [9.17, 15) is 9.18 Å². The second kappa shape index (κ2) is 7.23. The van der Waals surface area contributed by atoms with Gasteiger partial charge in [-0.05, 0) is 31.9 Å². The van der Waals surface area contributed by atoms with Crippen LogP contribution in [0.1, 0.15) is 28.9 Å². The van der Waals surface area contributed by atoms with Gasteiger partial charge in [0.1, 0.15) is 23.8 Å². The topological polar surface area (TPSA) is 67.5 Å². The molecule has 0 spiro atoms. The Labute approximate surface area is 145 Å². The van der Waals surface area contributed by atoms with E-state index in [-0.39, 0.29) is 18.3 Å². The number of amides is 1. The Kier molecular flexibility index (Phi) is 5.03. The van der Waals surface area contributed by atoms with E-state index in [1.165, 1.54) is 12.1 Å². The zero-order chi connectivity index (χ0) is 17.9. The Morgan fingerprint density at radius 2 is 2.32 bits per heavy atom. The number of methoxy groups -OCH3 is 1. The third-order valence-corrected chi connectivity index (χ3v) is 4.62. The van der Waals surface area contributed by atoms with Crippen molar-refractivity contribution in [3.63, 3.8) is 0 Å². The number of nitrogens with one attached hydrogen (secondary N) is 1. The first-order valence-electron chi connectivity index (χ1n) is 8.26. The zero-order valence-electron chi connectivity index (χ0n) is 14.4. The average molecular weight is 347 g/mol. The number of carbonyl (C=O) groups excluding carboxylic acids is 1. The number of aromatic nitrogens is 2. The third kappa shape index (κ3) is 3.82. The Morgan fingerprint density at radius 3 is 3.00 bits per heavy atom. The van der Waals surface area contributed by atoms with Crippen LogP contribution in [0.4, 0.5) is 4.39 Å². The summed E-state index contributed by atoms with van der Waals surface area (Å²) in [4.78, 5) is 14.5. The van der Waals surface area contributed by atoms with Gasteiger partial charge in [-0.3, -0.25) is 9.89 Å². The molecule has 1 saturated heterocycles. The standard InChI is InChI=1S/C18H22FN3O3/c1-13-16(10-20-21-13)17(23)22-8-4-7-18(11-22,24-2)12-25-15-6-3-5-14(19)9-15/h3,5-6,9-10H,4,7-8,11-12H2,1-2H3,(H,20,21). The van der Waals surface area contributed by atoms with E-state index in [1.54, 1.807) is 30.3 Å². The largest absolute Gasteiger partial charge is 0.490 e. The molecule has 0 bridgehead atoms. The molecule has 0 aliphatic carbocycles. The van der Waals surface area contributed by atoms with E-state index >= 15 is 0 Å². The highest BCUT2D eigenvalue weighted by Gasteiger charge is 2.39. The van der Waals surface area contributed by atoms with Gasteiger partial charge in [-0.25, -0.2) is 4.39 Å². The number of likely N-dealkylation sites (tertiary alicyclic amines) is 1. The van der Waals surface area contributed by atoms with E-state index in [2.05, 4.69) is 10.2 Å². The number of halogens is 1. The molecule has 1 aromatic carbocycles. The number of hydrogen-bond donors (Lipinski definition) is 1. The van der Waals surface area contributed by atoms with E-state index < -0.39 is 5.60 Å². The molecule has 6 nitrogen and oxygen atoms in total. The van der Waals surface area contributed by atoms with Crippen LogP contribution in [0, 0.1) is 12.7 Å². The van der Waals surface area contributed by atoms with Crippen LogP contribution in [-0.2, 0) is 4.74 Å². The maximum absolute atomic E-state index is 13.3. The molecule has 1 aliphatic heterocycles. The number of aromatic amines is 1. The zero-order valence-corrected chi connectivity index (χ0v) is 14.4. The van der Waals surface area contributed by atoms with Crippen LogP contribution < -0.4 is 4.74 Å². The summed E-state index contributed by atoms with van der Waals surface area (Å²) in [6, 6.07) is 6.01. The van der Waals surface area contributed by atoms with Crippen LogP contribution in [0.2, 0.25) is 0 Å². The van der Waals surface area contributed by atoms with Gasteiger partial charge >= 0.3 is 0 Å². The van der Waals surface area contributed by atoms with Gasteiger partial charge in [-0.2, -0.15) is 5.10 Å². The summed E-state index contributed by atoms with van der Waals surface area (Å²) in [6.07, 6.45) is 3.12. The van der Waals surface area contributed by atoms with Gasteiger partial charge in [0.25, 0.3) is 5.91 Å². The number of aryl methyl sites for hydroxylation is 1. The normalized spacial score (nSPS) is 20.5. The molecule has 1 N–H and O–H groups in total. The molecule has 3 rings (SSSR count). The smallest absolute Gasteiger partial charge is 0.257 e. The number of nitrogens with zero attached hydrogens (tertiary/aromatic N) is 2. The van der Waals surface area contributed by atoms with Crippen molar-refractivity contribution in [3.8, 4) is 5.75 Å². The molecule has 1 amide bonds. The van der Waals surface area contributed by atoms with Gasteiger partial charge in [-0.15, -0.1) is 0 Å². The van der Waals surface area contributed by atoms with Crippen molar-refractivity contribution in [1.29, 1.82) is 0 Å². The van der Waals surface area contributed by atoms with Crippen LogP contribution in [-0.4, -0.2) is 53.4 Å². The summed E-state index contributed by atoms with van der Waals surface area (Å²) >= 11 is 0. The van der Waals surface area contributed by atoms with Crippen molar-refractivity contribution in [1.82, 2.24) is 15.1 Å². The summed E-state index contributed by atoms with van der Waals surface area (Å²) in [5, 5.41) is 6.70. The highest BCUT2D eigenvalue weighted by molar-refractivity contribution is 5.95. The fourth-order valence-corrected chi connectivity index (χ4v) is 3.12. The molecule has 1 aromatic heterocycles. The van der Waals surface area contributed by atoms with Crippen molar-refractivity contribution in [2.75, 3.05) is 26.8 Å². The van der Waals surface area contributed by atoms with Crippen LogP contribution in [0.15, 0.2) is 30.5 Å². The molecule has 0 saturated carbocycles. The van der Waals surface area contributed by atoms with E-state index in [4.69, 9.17) is 9.47 Å². The lowest BCUT2D eigenvalue weighted by atomic mass is 9.92. The third-order valence-electron chi connectivity index (χ3n) is 4.62. The molecular weight excluding hydrogens is 325 g/mol. The molecule has 0 radical (unpaired) electrons. The number of H-pyrrole nitrogens is 1. The predicted molar refractivity (Wildman–Crippen MR) is 90.1 cm³/mol. The van der Waals surface area contributed by atoms with Crippen LogP contribution in [0.25, 0.3) is 0 Å². The van der Waals surface area contributed by atoms with E-state index in [1.807, 2.05) is 6.92 Å². The molecule has 134 valence electrons. The lowest BCUT2D eigenvalue weighted by Crippen LogP contribution is -2.54. The molecule has 1 unspecified atom stereocenters. The number of rotatable bonds is 5. The van der Waals surface area contributed by atoms with E-state index in [0.717, 1.165) is 18.5 Å². The first-order chi connectivity index (χ1) is 12.0. The molecule has 1 atom stereocenters. The number of benzene rings is 1. The van der Waals surface area contributed by atoms with Crippen molar-refractivity contribution in [2.24, 2.45) is 0 Å². The van der Waals surface area contributed by atoms with Crippen molar-refractivity contribution in [2.45, 2.75) is 25.4 Å². The Bertz CT molecular complexity index is 749. The summed E-state index contributed by atoms with van der Waals surface area (Å²) in [5.41, 5.74) is 0.699. The van der Waals surface area contributed by atoms with Gasteiger partial charge in [0, 0.05) is 25.4 Å². The minimum absolute atomic E-state index is 0.0712. The molecule has 1 fully saturated rings. The number of ether oxygens (including phenoxy) is 2. The highest BCUT2D eigenvalue weighted by atomic mass is 19.1. The summed E-state index contributed by atoms with van der Waals surface area (Å²) < 4.78 is 24.8. The maximum atomic E-state index is 13.3. The molecule has 7 heteroatoms. The fourth-order valence-electron chi connectivity index (χ4n) is 3.12. The quantitative estimate of drug-likeness (QED) is 0.903. The van der Waals surface area contributed by atoms with Crippen molar-refractivity contribution >= 4 is 5.91 Å². The fraction of sp³-hybridized carbons (Fsp3) is 0.444. The lowest BCUT2D eigenvalue weighted by Gasteiger charge is -2.41. The van der Waals surface area contributed by atoms with Crippen LogP contribution in [0.5, 0.6) is 5.75 Å². The number of hydrogen-bond acceptors (Lipinski definition) is 4. The van der Waals surface area contributed by atoms with E-state index in [0.29, 0.717) is 24.4 Å². The minimum atomic E-state index is -0.613. The average Bonchev–Trinajstić information content (AvgIpc) is 3.05. The molecule has 1 aliphatic rings. The number of piperidine rings is 1. The summed E-state index contributed by atoms with van der Waals surface area (Å²) in [7, 11) is 1.62. The van der Waals surface area contributed by atoms with Gasteiger partial charge < -0.3 is 14.4 Å². The lowest BCUT2D eigenvalue weighted by molar-refractivity contribution is -0.0825. The van der Waals surface area contributed by atoms with Crippen LogP contribution in [0.3, 0.4) is 0 Å². The molecule has 2 heterocycles. The first-order valence-corrected chi connectivity index (χ1v) is 8.26. The SMILES string of the molecule is COC1(COc2cccc(F)c2)CCCN(C(=O)c2cn[nH]c2C)C1.